The zero-order valence-electron chi connectivity index (χ0n) is 35.9. The smallest absolute Gasteiger partial charge is 0.264 e. The second-order valence-electron chi connectivity index (χ2n) is 17.6. The molecule has 6 N–H and O–H groups in total. The summed E-state index contributed by atoms with van der Waals surface area (Å²) in [7, 11) is 0.533. The number of benzene rings is 4. The third-order valence-electron chi connectivity index (χ3n) is 13.7. The van der Waals surface area contributed by atoms with E-state index in [-0.39, 0.29) is 42.6 Å². The summed E-state index contributed by atoms with van der Waals surface area (Å²) >= 11 is 0. The molecular weight excluding hydrogens is 827 g/mol. The van der Waals surface area contributed by atoms with Gasteiger partial charge in [-0.15, -0.1) is 0 Å². The lowest BCUT2D eigenvalue weighted by molar-refractivity contribution is -0.274. The number of amides is 3. The molecule has 2 fully saturated rings. The number of methoxy groups -OCH3 is 2. The topological polar surface area (TPSA) is 208 Å². The van der Waals surface area contributed by atoms with Crippen molar-refractivity contribution in [2.75, 3.05) is 31.0 Å². The van der Waals surface area contributed by atoms with Crippen molar-refractivity contribution in [3.63, 3.8) is 0 Å². The fourth-order valence-electron chi connectivity index (χ4n) is 10.3. The number of aliphatic hydroxyl groups is 5. The van der Waals surface area contributed by atoms with E-state index in [1.807, 2.05) is 55.5 Å². The lowest BCUT2D eigenvalue weighted by atomic mass is 9.82. The van der Waals surface area contributed by atoms with Crippen LogP contribution in [0.2, 0.25) is 18.6 Å². The van der Waals surface area contributed by atoms with Crippen LogP contribution >= 0.6 is 0 Å². The molecule has 4 aliphatic heterocycles. The van der Waals surface area contributed by atoms with Gasteiger partial charge in [-0.3, -0.25) is 14.4 Å². The van der Waals surface area contributed by atoms with Crippen molar-refractivity contribution in [2.24, 2.45) is 5.92 Å². The number of hydrogen-bond acceptors (Lipinski definition) is 12. The molecule has 0 aromatic heterocycles. The van der Waals surface area contributed by atoms with Gasteiger partial charge in [0.15, 0.2) is 18.0 Å². The summed E-state index contributed by atoms with van der Waals surface area (Å²) in [4.78, 5) is 46.8. The molecule has 4 aliphatic rings. The van der Waals surface area contributed by atoms with Crippen LogP contribution in [0.5, 0.6) is 11.5 Å². The van der Waals surface area contributed by atoms with Crippen LogP contribution in [0.4, 0.5) is 11.4 Å². The highest BCUT2D eigenvalue weighted by atomic mass is 28.3. The number of hydrogen-bond donors (Lipinski definition) is 6. The second-order valence-corrected chi connectivity index (χ2v) is 22.3. The van der Waals surface area contributed by atoms with Crippen molar-refractivity contribution in [1.29, 1.82) is 0 Å². The number of carbonyl (C=O) groups is 3. The first kappa shape index (κ1) is 44.4. The lowest BCUT2D eigenvalue weighted by Crippen LogP contribution is -2.60. The van der Waals surface area contributed by atoms with Crippen LogP contribution in [0, 0.1) is 5.92 Å². The Balaban J connectivity index is 1.14. The van der Waals surface area contributed by atoms with Gasteiger partial charge in [0, 0.05) is 23.7 Å². The first-order chi connectivity index (χ1) is 30.1. The molecule has 15 nitrogen and oxygen atoms in total. The summed E-state index contributed by atoms with van der Waals surface area (Å²) in [6, 6.07) is 27.7. The molecule has 4 aromatic rings. The summed E-state index contributed by atoms with van der Waals surface area (Å²) in [5, 5.41) is 54.8. The average Bonchev–Trinajstić information content (AvgIpc) is 3.71. The number of aliphatic hydroxyl groups excluding tert-OH is 5. The highest BCUT2D eigenvalue weighted by Crippen LogP contribution is 2.60. The van der Waals surface area contributed by atoms with Crippen LogP contribution in [0.1, 0.15) is 35.6 Å². The highest BCUT2D eigenvalue weighted by molar-refractivity contribution is 6.91. The van der Waals surface area contributed by atoms with Gasteiger partial charge in [0.05, 0.1) is 59.7 Å². The Kier molecular flexibility index (Phi) is 12.3. The molecule has 4 heterocycles. The third-order valence-corrected chi connectivity index (χ3v) is 18.0. The van der Waals surface area contributed by atoms with Gasteiger partial charge in [-0.2, -0.15) is 0 Å². The number of rotatable bonds is 11. The molecule has 63 heavy (non-hydrogen) atoms. The van der Waals surface area contributed by atoms with Crippen molar-refractivity contribution in [2.45, 2.75) is 99.9 Å². The summed E-state index contributed by atoms with van der Waals surface area (Å²) in [5.74, 6) is -0.533. The van der Waals surface area contributed by atoms with Crippen LogP contribution in [0.3, 0.4) is 0 Å². The first-order valence-electron chi connectivity index (χ1n) is 21.2. The van der Waals surface area contributed by atoms with Crippen molar-refractivity contribution >= 4 is 42.4 Å². The van der Waals surface area contributed by atoms with E-state index in [1.54, 1.807) is 54.4 Å². The summed E-state index contributed by atoms with van der Waals surface area (Å²) in [6.45, 7) is 6.74. The summed E-state index contributed by atoms with van der Waals surface area (Å²) < 4.78 is 23.6. The van der Waals surface area contributed by atoms with E-state index in [0.717, 1.165) is 16.3 Å². The van der Waals surface area contributed by atoms with Gasteiger partial charge in [-0.25, -0.2) is 0 Å². The molecule has 0 radical (unpaired) electrons. The molecule has 0 unspecified atom stereocenters. The molecular formula is C47H55N3O12Si. The number of anilines is 2. The Morgan fingerprint density at radius 2 is 1.57 bits per heavy atom. The number of carbonyl (C=O) groups excluding carboxylic acids is 3. The van der Waals surface area contributed by atoms with E-state index in [1.165, 1.54) is 0 Å². The number of fused-ring (bicyclic) bond motifs is 3. The van der Waals surface area contributed by atoms with Crippen LogP contribution in [0.25, 0.3) is 0 Å². The van der Waals surface area contributed by atoms with Crippen molar-refractivity contribution in [1.82, 2.24) is 4.90 Å². The van der Waals surface area contributed by atoms with E-state index in [9.17, 15) is 35.1 Å². The fourth-order valence-corrected chi connectivity index (χ4v) is 14.3. The van der Waals surface area contributed by atoms with E-state index < -0.39 is 68.4 Å². The minimum atomic E-state index is -2.64. The van der Waals surface area contributed by atoms with Crippen LogP contribution in [-0.4, -0.2) is 120 Å². The molecule has 1 spiro atoms. The zero-order chi connectivity index (χ0) is 45.0. The second kappa shape index (κ2) is 17.4. The van der Waals surface area contributed by atoms with Gasteiger partial charge in [-0.05, 0) is 71.1 Å². The molecule has 8 rings (SSSR count). The van der Waals surface area contributed by atoms with Crippen molar-refractivity contribution in [3.8, 4) is 11.5 Å². The maximum atomic E-state index is 15.5. The Morgan fingerprint density at radius 3 is 2.27 bits per heavy atom. The van der Waals surface area contributed by atoms with E-state index in [4.69, 9.17) is 18.9 Å². The maximum Gasteiger partial charge on any atom is 0.264 e. The number of nitrogens with one attached hydrogen (secondary N) is 1. The van der Waals surface area contributed by atoms with Crippen molar-refractivity contribution < 1.29 is 58.9 Å². The molecule has 2 saturated heterocycles. The third kappa shape index (κ3) is 7.82. The Morgan fingerprint density at radius 1 is 0.873 bits per heavy atom. The molecule has 0 aliphatic carbocycles. The molecule has 0 saturated carbocycles. The SMILES string of the molecule is COc1ccc([Si](C)(C)[C@H]2[C@H](CC(=O)N3Cc4ccccc4C[C@H]3CO)O[C@@]3(C(=O)N(Cc4cccc(NC(=O)[C@H]5O[C@@H](O)[C@H](O)[C@@H](O)[C@@H]5O)c4)c4ccc(OC)cc43)[C@@H]2C)cc1. The average molecular weight is 882 g/mol. The highest BCUT2D eigenvalue weighted by Gasteiger charge is 2.66. The molecule has 10 atom stereocenters. The van der Waals surface area contributed by atoms with Crippen LogP contribution in [0.15, 0.2) is 91.0 Å². The maximum absolute atomic E-state index is 15.5. The first-order valence-corrected chi connectivity index (χ1v) is 24.3. The summed E-state index contributed by atoms with van der Waals surface area (Å²) in [6.07, 6.45) is -9.16. The van der Waals surface area contributed by atoms with Gasteiger partial charge in [0.2, 0.25) is 5.91 Å². The number of nitrogens with zero attached hydrogens (tertiary/aromatic N) is 2. The van der Waals surface area contributed by atoms with Gasteiger partial charge in [-0.1, -0.05) is 73.7 Å². The molecule has 334 valence electrons. The van der Waals surface area contributed by atoms with Gasteiger partial charge in [0.25, 0.3) is 11.8 Å². The Bertz CT molecular complexity index is 2360. The largest absolute Gasteiger partial charge is 0.497 e. The Hall–Kier alpha value is -5.17. The standard InChI is InChI=1S/C47H55N3O12Si/c1-26-43(63(4,5)34-16-13-32(59-2)14-17-34)37(22-38(52)49-24-29-11-7-6-10-28(29)20-31(49)25-51)62-47(26)35-21-33(60-3)15-18-36(35)50(46(47)58)23-27-9-8-12-30(19-27)48-44(56)42-40(54)39(53)41(55)45(57)61-42/h6-19,21,26,31,37,39-43,45,51,53-55,57H,20,22-25H2,1-5H3,(H,48,56)/t26-,31+,37+,39+,40+,41-,42+,43-,45-,47+/m1/s1. The predicted octanol–water partition coefficient (Wildman–Crippen LogP) is 2.54. The van der Waals surface area contributed by atoms with E-state index in [2.05, 4.69) is 30.5 Å². The van der Waals surface area contributed by atoms with Gasteiger partial charge >= 0.3 is 0 Å². The van der Waals surface area contributed by atoms with Gasteiger partial charge in [0.1, 0.15) is 29.8 Å². The molecule has 4 aromatic carbocycles. The zero-order valence-corrected chi connectivity index (χ0v) is 36.9. The monoisotopic (exact) mass is 881 g/mol. The predicted molar refractivity (Wildman–Crippen MR) is 234 cm³/mol. The van der Waals surface area contributed by atoms with E-state index >= 15 is 4.79 Å². The quantitative estimate of drug-likeness (QED) is 0.120. The van der Waals surface area contributed by atoms with Crippen molar-refractivity contribution in [3.05, 3.63) is 113 Å². The molecule has 0 bridgehead atoms. The summed E-state index contributed by atoms with van der Waals surface area (Å²) in [5.41, 5.74) is 2.49. The normalized spacial score (nSPS) is 29.0. The van der Waals surface area contributed by atoms with Gasteiger partial charge < -0.3 is 59.6 Å². The Labute approximate surface area is 366 Å². The fraction of sp³-hybridized carbons (Fsp3) is 0.426. The number of ether oxygens (including phenoxy) is 4. The minimum Gasteiger partial charge on any atom is -0.497 e. The van der Waals surface area contributed by atoms with Crippen LogP contribution < -0.4 is 24.9 Å². The minimum absolute atomic E-state index is 0.0112. The molecule has 16 heteroatoms. The lowest BCUT2D eigenvalue weighted by Gasteiger charge is -2.39. The molecule has 3 amide bonds. The van der Waals surface area contributed by atoms with E-state index in [0.29, 0.717) is 41.3 Å². The van der Waals surface area contributed by atoms with Crippen LogP contribution in [-0.2, 0) is 49.0 Å².